The van der Waals surface area contributed by atoms with Crippen LogP contribution in [0.15, 0.2) is 48.9 Å². The van der Waals surface area contributed by atoms with Crippen molar-refractivity contribution in [1.82, 2.24) is 15.4 Å². The SMILES string of the molecule is O=C(NNc1ccccc1)c1cnccn1. The number of carbonyl (C=O) groups excluding carboxylic acids is 1. The molecule has 0 aliphatic rings. The highest BCUT2D eigenvalue weighted by molar-refractivity contribution is 5.92. The standard InChI is InChI=1S/C11H10N4O/c16-11(10-8-12-6-7-13-10)15-14-9-4-2-1-3-5-9/h1-8,14H,(H,15,16). The maximum atomic E-state index is 11.5. The summed E-state index contributed by atoms with van der Waals surface area (Å²) in [7, 11) is 0. The first-order chi connectivity index (χ1) is 7.86. The van der Waals surface area contributed by atoms with E-state index in [1.807, 2.05) is 30.3 Å². The Hall–Kier alpha value is -2.43. The van der Waals surface area contributed by atoms with Gasteiger partial charge in [-0.1, -0.05) is 18.2 Å². The zero-order chi connectivity index (χ0) is 11.2. The van der Waals surface area contributed by atoms with Gasteiger partial charge in [-0.15, -0.1) is 0 Å². The number of nitrogens with one attached hydrogen (secondary N) is 2. The van der Waals surface area contributed by atoms with Crippen molar-refractivity contribution < 1.29 is 4.79 Å². The van der Waals surface area contributed by atoms with Crippen LogP contribution in [0.5, 0.6) is 0 Å². The molecule has 0 spiro atoms. The van der Waals surface area contributed by atoms with Crippen LogP contribution in [0.1, 0.15) is 10.5 Å². The van der Waals surface area contributed by atoms with E-state index in [-0.39, 0.29) is 11.6 Å². The summed E-state index contributed by atoms with van der Waals surface area (Å²) in [5.74, 6) is -0.322. The number of aromatic nitrogens is 2. The van der Waals surface area contributed by atoms with Crippen molar-refractivity contribution in [2.75, 3.05) is 5.43 Å². The Bertz CT molecular complexity index is 458. The van der Waals surface area contributed by atoms with E-state index in [1.54, 1.807) is 0 Å². The molecule has 0 radical (unpaired) electrons. The third kappa shape index (κ3) is 2.54. The summed E-state index contributed by atoms with van der Waals surface area (Å²) >= 11 is 0. The molecule has 0 unspecified atom stereocenters. The number of hydrogen-bond acceptors (Lipinski definition) is 4. The molecule has 2 rings (SSSR count). The lowest BCUT2D eigenvalue weighted by Gasteiger charge is -2.06. The van der Waals surface area contributed by atoms with Gasteiger partial charge in [-0.3, -0.25) is 20.6 Å². The Kier molecular flexibility index (Phi) is 3.08. The minimum absolute atomic E-state index is 0.269. The first-order valence-corrected chi connectivity index (χ1v) is 4.74. The van der Waals surface area contributed by atoms with Crippen LogP contribution < -0.4 is 10.9 Å². The molecule has 5 heteroatoms. The zero-order valence-electron chi connectivity index (χ0n) is 8.42. The second kappa shape index (κ2) is 4.88. The van der Waals surface area contributed by atoms with Gasteiger partial charge in [0.1, 0.15) is 5.69 Å². The average Bonchev–Trinajstić information content (AvgIpc) is 2.38. The fourth-order valence-electron chi connectivity index (χ4n) is 1.13. The fraction of sp³-hybridized carbons (Fsp3) is 0. The first kappa shape index (κ1) is 10.1. The zero-order valence-corrected chi connectivity index (χ0v) is 8.42. The highest BCUT2D eigenvalue weighted by Gasteiger charge is 2.05. The van der Waals surface area contributed by atoms with E-state index in [0.717, 1.165) is 5.69 Å². The van der Waals surface area contributed by atoms with Gasteiger partial charge in [-0.05, 0) is 12.1 Å². The molecule has 0 bridgehead atoms. The smallest absolute Gasteiger partial charge is 0.289 e. The first-order valence-electron chi connectivity index (χ1n) is 4.74. The summed E-state index contributed by atoms with van der Waals surface area (Å²) in [6, 6.07) is 9.33. The van der Waals surface area contributed by atoms with Crippen LogP contribution in [0.2, 0.25) is 0 Å². The van der Waals surface area contributed by atoms with Crippen LogP contribution >= 0.6 is 0 Å². The van der Waals surface area contributed by atoms with Crippen molar-refractivity contribution in [3.63, 3.8) is 0 Å². The molecule has 0 saturated heterocycles. The number of rotatable bonds is 3. The third-order valence-electron chi connectivity index (χ3n) is 1.89. The highest BCUT2D eigenvalue weighted by atomic mass is 16.2. The largest absolute Gasteiger partial charge is 0.298 e. The van der Waals surface area contributed by atoms with E-state index in [4.69, 9.17) is 0 Å². The topological polar surface area (TPSA) is 66.9 Å². The summed E-state index contributed by atoms with van der Waals surface area (Å²) in [5.41, 5.74) is 6.37. The predicted molar refractivity (Wildman–Crippen MR) is 59.6 cm³/mol. The van der Waals surface area contributed by atoms with Crippen molar-refractivity contribution >= 4 is 11.6 Å². The molecule has 16 heavy (non-hydrogen) atoms. The molecular weight excluding hydrogens is 204 g/mol. The third-order valence-corrected chi connectivity index (χ3v) is 1.89. The molecule has 0 saturated carbocycles. The Morgan fingerprint density at radius 1 is 1.12 bits per heavy atom. The van der Waals surface area contributed by atoms with E-state index in [2.05, 4.69) is 20.8 Å². The van der Waals surface area contributed by atoms with Crippen molar-refractivity contribution in [2.45, 2.75) is 0 Å². The van der Waals surface area contributed by atoms with Gasteiger partial charge in [0.2, 0.25) is 0 Å². The minimum atomic E-state index is -0.322. The number of hydrazine groups is 1. The number of anilines is 1. The lowest BCUT2D eigenvalue weighted by Crippen LogP contribution is -2.30. The van der Waals surface area contributed by atoms with Crippen LogP contribution in [-0.4, -0.2) is 15.9 Å². The lowest BCUT2D eigenvalue weighted by atomic mass is 10.3. The molecule has 1 heterocycles. The molecule has 2 N–H and O–H groups in total. The maximum Gasteiger partial charge on any atom is 0.289 e. The molecule has 2 aromatic rings. The van der Waals surface area contributed by atoms with E-state index >= 15 is 0 Å². The molecule has 0 atom stereocenters. The van der Waals surface area contributed by atoms with Crippen LogP contribution in [-0.2, 0) is 0 Å². The van der Waals surface area contributed by atoms with Crippen LogP contribution in [0, 0.1) is 0 Å². The van der Waals surface area contributed by atoms with Gasteiger partial charge in [-0.25, -0.2) is 4.98 Å². The quantitative estimate of drug-likeness (QED) is 0.754. The Balaban J connectivity index is 1.95. The predicted octanol–water partition coefficient (Wildman–Crippen LogP) is 1.23. The Morgan fingerprint density at radius 2 is 1.94 bits per heavy atom. The molecular formula is C11H10N4O. The Labute approximate surface area is 92.5 Å². The van der Waals surface area contributed by atoms with E-state index in [0.29, 0.717) is 0 Å². The van der Waals surface area contributed by atoms with Crippen molar-refractivity contribution in [3.05, 3.63) is 54.6 Å². The van der Waals surface area contributed by atoms with Gasteiger partial charge >= 0.3 is 0 Å². The number of hydrogen-bond donors (Lipinski definition) is 2. The van der Waals surface area contributed by atoms with Gasteiger partial charge < -0.3 is 0 Å². The molecule has 80 valence electrons. The van der Waals surface area contributed by atoms with Gasteiger partial charge in [0.15, 0.2) is 0 Å². The summed E-state index contributed by atoms with van der Waals surface area (Å²) in [6.45, 7) is 0. The Morgan fingerprint density at radius 3 is 2.62 bits per heavy atom. The van der Waals surface area contributed by atoms with Crippen molar-refractivity contribution in [3.8, 4) is 0 Å². The second-order valence-corrected chi connectivity index (χ2v) is 3.04. The van der Waals surface area contributed by atoms with Gasteiger partial charge in [0.05, 0.1) is 11.9 Å². The van der Waals surface area contributed by atoms with Gasteiger partial charge in [0, 0.05) is 12.4 Å². The summed E-state index contributed by atoms with van der Waals surface area (Å²) in [4.78, 5) is 19.2. The second-order valence-electron chi connectivity index (χ2n) is 3.04. The van der Waals surface area contributed by atoms with E-state index < -0.39 is 0 Å². The maximum absolute atomic E-state index is 11.5. The number of para-hydroxylation sites is 1. The van der Waals surface area contributed by atoms with Crippen LogP contribution in [0.3, 0.4) is 0 Å². The number of carbonyl (C=O) groups is 1. The molecule has 0 fully saturated rings. The molecule has 0 aliphatic heterocycles. The molecule has 1 amide bonds. The average molecular weight is 214 g/mol. The monoisotopic (exact) mass is 214 g/mol. The van der Waals surface area contributed by atoms with E-state index in [1.165, 1.54) is 18.6 Å². The van der Waals surface area contributed by atoms with Gasteiger partial charge in [0.25, 0.3) is 5.91 Å². The molecule has 0 aliphatic carbocycles. The van der Waals surface area contributed by atoms with Gasteiger partial charge in [-0.2, -0.15) is 0 Å². The number of benzene rings is 1. The number of nitrogens with zero attached hydrogens (tertiary/aromatic N) is 2. The van der Waals surface area contributed by atoms with Crippen LogP contribution in [0.25, 0.3) is 0 Å². The molecule has 1 aromatic heterocycles. The summed E-state index contributed by atoms with van der Waals surface area (Å²) < 4.78 is 0. The highest BCUT2D eigenvalue weighted by Crippen LogP contribution is 2.02. The summed E-state index contributed by atoms with van der Waals surface area (Å²) in [6.07, 6.45) is 4.39. The molecule has 1 aromatic carbocycles. The lowest BCUT2D eigenvalue weighted by molar-refractivity contribution is 0.0957. The van der Waals surface area contributed by atoms with Crippen molar-refractivity contribution in [1.29, 1.82) is 0 Å². The van der Waals surface area contributed by atoms with E-state index in [9.17, 15) is 4.79 Å². The van der Waals surface area contributed by atoms with Crippen LogP contribution in [0.4, 0.5) is 5.69 Å². The number of amides is 1. The minimum Gasteiger partial charge on any atom is -0.298 e. The normalized spacial score (nSPS) is 9.50. The molecule has 5 nitrogen and oxygen atoms in total. The summed E-state index contributed by atoms with van der Waals surface area (Å²) in [5, 5.41) is 0. The van der Waals surface area contributed by atoms with Crippen molar-refractivity contribution in [2.24, 2.45) is 0 Å². The fourth-order valence-corrected chi connectivity index (χ4v) is 1.13.